The molecule has 0 aliphatic rings. The summed E-state index contributed by atoms with van der Waals surface area (Å²) in [6.07, 6.45) is 0. The average Bonchev–Trinajstić information content (AvgIpc) is 3.14. The van der Waals surface area contributed by atoms with Gasteiger partial charge in [0.1, 0.15) is 17.2 Å². The van der Waals surface area contributed by atoms with Gasteiger partial charge in [0.05, 0.1) is 5.39 Å². The molecule has 0 saturated carbocycles. The topological polar surface area (TPSA) is 73.3 Å². The summed E-state index contributed by atoms with van der Waals surface area (Å²) < 4.78 is 11.4. The van der Waals surface area contributed by atoms with Crippen molar-refractivity contribution in [3.05, 3.63) is 65.8 Å². The van der Waals surface area contributed by atoms with E-state index in [0.29, 0.717) is 29.7 Å². The number of aromatic nitrogens is 2. The lowest BCUT2D eigenvalue weighted by atomic mass is 10.1. The molecule has 2 heterocycles. The fourth-order valence-electron chi connectivity index (χ4n) is 2.97. The highest BCUT2D eigenvalue weighted by Gasteiger charge is 2.17. The molecule has 7 heteroatoms. The van der Waals surface area contributed by atoms with E-state index in [1.54, 1.807) is 42.7 Å². The fourth-order valence-corrected chi connectivity index (χ4v) is 3.93. The van der Waals surface area contributed by atoms with Gasteiger partial charge in [-0.05, 0) is 29.8 Å². The number of ether oxygens (including phenoxy) is 2. The molecule has 146 valence electrons. The molecule has 4 rings (SSSR count). The third kappa shape index (κ3) is 4.26. The fraction of sp³-hybridized carbons (Fsp3) is 0.136. The predicted octanol–water partition coefficient (Wildman–Crippen LogP) is 5.26. The third-order valence-corrected chi connectivity index (χ3v) is 5.07. The van der Waals surface area contributed by atoms with E-state index in [1.165, 1.54) is 6.92 Å². The summed E-state index contributed by atoms with van der Waals surface area (Å²) in [5.41, 5.74) is 2.81. The highest BCUT2D eigenvalue weighted by molar-refractivity contribution is 7.17. The molecule has 1 N–H and O–H groups in total. The lowest BCUT2D eigenvalue weighted by Crippen LogP contribution is -2.05. The van der Waals surface area contributed by atoms with E-state index >= 15 is 0 Å². The lowest BCUT2D eigenvalue weighted by molar-refractivity contribution is -0.114. The number of carbonyl (C=O) groups excluding carboxylic acids is 1. The van der Waals surface area contributed by atoms with E-state index in [4.69, 9.17) is 9.47 Å². The Morgan fingerprint density at radius 1 is 1.07 bits per heavy atom. The Kier molecular flexibility index (Phi) is 5.50. The van der Waals surface area contributed by atoms with Crippen molar-refractivity contribution < 1.29 is 14.3 Å². The smallest absolute Gasteiger partial charge is 0.232 e. The maximum atomic E-state index is 11.2. The Morgan fingerprint density at radius 2 is 1.83 bits per heavy atom. The van der Waals surface area contributed by atoms with Crippen LogP contribution in [0.4, 0.5) is 5.69 Å². The number of hydrogen-bond donors (Lipinski definition) is 1. The number of thiophene rings is 1. The van der Waals surface area contributed by atoms with Crippen molar-refractivity contribution in [1.82, 2.24) is 9.97 Å². The van der Waals surface area contributed by atoms with Crippen LogP contribution in [0.25, 0.3) is 21.3 Å². The number of anilines is 1. The van der Waals surface area contributed by atoms with Crippen LogP contribution in [-0.2, 0) is 16.1 Å². The zero-order valence-electron chi connectivity index (χ0n) is 16.0. The summed E-state index contributed by atoms with van der Waals surface area (Å²) in [5, 5.41) is 5.68. The van der Waals surface area contributed by atoms with Gasteiger partial charge in [0.15, 0.2) is 5.82 Å². The molecule has 0 unspecified atom stereocenters. The van der Waals surface area contributed by atoms with Gasteiger partial charge in [-0.25, -0.2) is 4.98 Å². The number of nitrogens with one attached hydrogen (secondary N) is 1. The van der Waals surface area contributed by atoms with Crippen LogP contribution < -0.4 is 10.1 Å². The van der Waals surface area contributed by atoms with Crippen molar-refractivity contribution in [2.24, 2.45) is 0 Å². The molecular weight excluding hydrogens is 386 g/mol. The van der Waals surface area contributed by atoms with Gasteiger partial charge < -0.3 is 14.8 Å². The molecule has 2 aromatic heterocycles. The molecule has 0 aliphatic heterocycles. The van der Waals surface area contributed by atoms with E-state index in [-0.39, 0.29) is 5.91 Å². The monoisotopic (exact) mass is 405 g/mol. The molecular formula is C22H19N3O3S. The van der Waals surface area contributed by atoms with Crippen LogP contribution in [-0.4, -0.2) is 23.0 Å². The van der Waals surface area contributed by atoms with Crippen LogP contribution in [0.5, 0.6) is 11.6 Å². The molecule has 0 saturated heterocycles. The molecule has 29 heavy (non-hydrogen) atoms. The van der Waals surface area contributed by atoms with E-state index in [9.17, 15) is 4.79 Å². The number of hydrogen-bond acceptors (Lipinski definition) is 6. The number of methoxy groups -OCH3 is 1. The van der Waals surface area contributed by atoms with Crippen molar-refractivity contribution in [3.8, 4) is 22.8 Å². The van der Waals surface area contributed by atoms with Gasteiger partial charge in [0, 0.05) is 30.7 Å². The van der Waals surface area contributed by atoms with E-state index in [0.717, 1.165) is 21.3 Å². The summed E-state index contributed by atoms with van der Waals surface area (Å²) in [6.45, 7) is 1.77. The molecule has 1 amide bonds. The molecule has 0 aliphatic carbocycles. The van der Waals surface area contributed by atoms with Crippen molar-refractivity contribution in [2.75, 3.05) is 12.4 Å². The molecule has 2 aromatic carbocycles. The van der Waals surface area contributed by atoms with Crippen molar-refractivity contribution in [3.63, 3.8) is 0 Å². The number of benzene rings is 2. The van der Waals surface area contributed by atoms with E-state index in [1.807, 2.05) is 18.2 Å². The molecule has 0 bridgehead atoms. The van der Waals surface area contributed by atoms with Gasteiger partial charge in [-0.3, -0.25) is 4.79 Å². The third-order valence-electron chi connectivity index (χ3n) is 4.19. The lowest BCUT2D eigenvalue weighted by Gasteiger charge is -2.10. The summed E-state index contributed by atoms with van der Waals surface area (Å²) in [4.78, 5) is 21.3. The van der Waals surface area contributed by atoms with E-state index in [2.05, 4.69) is 32.8 Å². The summed E-state index contributed by atoms with van der Waals surface area (Å²) >= 11 is 1.55. The second-order valence-corrected chi connectivity index (χ2v) is 7.24. The average molecular weight is 405 g/mol. The largest absolute Gasteiger partial charge is 0.438 e. The Morgan fingerprint density at radius 3 is 2.52 bits per heavy atom. The van der Waals surface area contributed by atoms with Gasteiger partial charge in [0.25, 0.3) is 0 Å². The summed E-state index contributed by atoms with van der Waals surface area (Å²) in [6, 6.07) is 17.3. The molecule has 0 radical (unpaired) electrons. The quantitative estimate of drug-likeness (QED) is 0.474. The number of rotatable bonds is 6. The zero-order valence-corrected chi connectivity index (χ0v) is 16.8. The van der Waals surface area contributed by atoms with Gasteiger partial charge in [0.2, 0.25) is 11.8 Å². The first kappa shape index (κ1) is 19.0. The van der Waals surface area contributed by atoms with Crippen LogP contribution in [0.3, 0.4) is 0 Å². The minimum absolute atomic E-state index is 0.119. The Balaban J connectivity index is 1.76. The summed E-state index contributed by atoms with van der Waals surface area (Å²) in [7, 11) is 1.61. The Bertz CT molecular complexity index is 1140. The molecule has 0 spiro atoms. The maximum absolute atomic E-state index is 11.2. The van der Waals surface area contributed by atoms with Crippen LogP contribution in [0, 0.1) is 0 Å². The zero-order chi connectivity index (χ0) is 20.2. The Labute approximate surface area is 172 Å². The van der Waals surface area contributed by atoms with Crippen LogP contribution in [0.1, 0.15) is 12.7 Å². The predicted molar refractivity (Wildman–Crippen MR) is 114 cm³/mol. The van der Waals surface area contributed by atoms with Crippen molar-refractivity contribution in [2.45, 2.75) is 13.5 Å². The van der Waals surface area contributed by atoms with Crippen molar-refractivity contribution in [1.29, 1.82) is 0 Å². The highest BCUT2D eigenvalue weighted by atomic mass is 32.1. The second kappa shape index (κ2) is 8.38. The second-order valence-electron chi connectivity index (χ2n) is 6.38. The minimum Gasteiger partial charge on any atom is -0.438 e. The maximum Gasteiger partial charge on any atom is 0.232 e. The normalized spacial score (nSPS) is 10.8. The number of nitrogens with zero attached hydrogens (tertiary/aromatic N) is 2. The highest BCUT2D eigenvalue weighted by Crippen LogP contribution is 2.39. The van der Waals surface area contributed by atoms with Crippen molar-refractivity contribution >= 4 is 33.1 Å². The van der Waals surface area contributed by atoms with Crippen LogP contribution >= 0.6 is 11.3 Å². The number of carbonyl (C=O) groups is 1. The van der Waals surface area contributed by atoms with Crippen LogP contribution in [0.15, 0.2) is 60.0 Å². The first-order chi connectivity index (χ1) is 14.1. The number of fused-ring (bicyclic) bond motifs is 1. The van der Waals surface area contributed by atoms with E-state index < -0.39 is 0 Å². The molecule has 4 aromatic rings. The Hall–Kier alpha value is -3.29. The first-order valence-corrected chi connectivity index (χ1v) is 9.90. The van der Waals surface area contributed by atoms with Gasteiger partial charge >= 0.3 is 0 Å². The standard InChI is InChI=1S/C22H19N3O3S/c1-14(26)23-16-8-10-17(11-9-16)28-21-20-18(15-6-4-3-5-7-15)13-29-22(20)25-19(24-21)12-27-2/h3-11,13H,12H2,1-2H3,(H,23,26). The van der Waals surface area contributed by atoms with Gasteiger partial charge in [-0.15, -0.1) is 11.3 Å². The SMILES string of the molecule is COCc1nc(Oc2ccc(NC(C)=O)cc2)c2c(-c3ccccc3)csc2n1. The minimum atomic E-state index is -0.119. The molecule has 6 nitrogen and oxygen atoms in total. The molecule has 0 fully saturated rings. The number of amides is 1. The van der Waals surface area contributed by atoms with Gasteiger partial charge in [-0.2, -0.15) is 4.98 Å². The first-order valence-electron chi connectivity index (χ1n) is 9.02. The van der Waals surface area contributed by atoms with Crippen LogP contribution in [0.2, 0.25) is 0 Å². The summed E-state index contributed by atoms with van der Waals surface area (Å²) in [5.74, 6) is 1.54. The molecule has 0 atom stereocenters. The van der Waals surface area contributed by atoms with Gasteiger partial charge in [-0.1, -0.05) is 30.3 Å².